The number of hydrogen-bond donors (Lipinski definition) is 0. The van der Waals surface area contributed by atoms with E-state index in [4.69, 9.17) is 95.4 Å². The summed E-state index contributed by atoms with van der Waals surface area (Å²) in [5, 5.41) is 0.597. The van der Waals surface area contributed by atoms with Gasteiger partial charge in [0.25, 0.3) is 0 Å². The summed E-state index contributed by atoms with van der Waals surface area (Å²) < 4.78 is 11.9. The third-order valence-corrected chi connectivity index (χ3v) is 4.43. The van der Waals surface area contributed by atoms with Gasteiger partial charge in [-0.25, -0.2) is 9.59 Å². The van der Waals surface area contributed by atoms with Gasteiger partial charge in [0.15, 0.2) is 6.10 Å². The van der Waals surface area contributed by atoms with Gasteiger partial charge in [-0.2, -0.15) is 0 Å². The fourth-order valence-corrected chi connectivity index (χ4v) is 2.25. The monoisotopic (exact) mass is 518 g/mol. The number of hydrogen-bond acceptors (Lipinski definition) is 5. The summed E-state index contributed by atoms with van der Waals surface area (Å²) in [5.41, 5.74) is 0. The molecule has 1 rings (SSSR count). The summed E-state index contributed by atoms with van der Waals surface area (Å²) in [7, 11) is 0. The van der Waals surface area contributed by atoms with Gasteiger partial charge in [-0.1, -0.05) is 81.2 Å². The van der Waals surface area contributed by atoms with E-state index < -0.39 is 33.3 Å². The normalized spacial score (nSPS) is 13.1. The van der Waals surface area contributed by atoms with E-state index in [2.05, 4.69) is 0 Å². The van der Waals surface area contributed by atoms with Crippen molar-refractivity contribution in [3.63, 3.8) is 0 Å². The average Bonchev–Trinajstić information content (AvgIpc) is 2.51. The van der Waals surface area contributed by atoms with Crippen molar-refractivity contribution in [3.05, 3.63) is 27.2 Å². The standard InChI is InChI=1S/C15H13Cl7O5/c1-14(19,20)12(23)26-6-7(27-13(24)15(2,21)22)5-25-11-4-9(17)8(16)3-10(11)18/h3-4,7H,5-6H2,1-2H3. The number of benzene rings is 1. The smallest absolute Gasteiger partial charge is 0.342 e. The number of esters is 2. The average molecular weight is 521 g/mol. The molecule has 1 aromatic carbocycles. The van der Waals surface area contributed by atoms with Gasteiger partial charge in [-0.05, 0) is 19.9 Å². The topological polar surface area (TPSA) is 61.8 Å². The van der Waals surface area contributed by atoms with E-state index in [0.717, 1.165) is 0 Å². The lowest BCUT2D eigenvalue weighted by molar-refractivity contribution is -0.161. The van der Waals surface area contributed by atoms with E-state index in [-0.39, 0.29) is 27.4 Å². The molecule has 0 bridgehead atoms. The molecule has 5 nitrogen and oxygen atoms in total. The van der Waals surface area contributed by atoms with Crippen molar-refractivity contribution in [2.75, 3.05) is 13.2 Å². The van der Waals surface area contributed by atoms with Crippen LogP contribution in [0.5, 0.6) is 5.75 Å². The highest BCUT2D eigenvalue weighted by molar-refractivity contribution is 6.57. The molecular weight excluding hydrogens is 508 g/mol. The van der Waals surface area contributed by atoms with Gasteiger partial charge in [-0.15, -0.1) is 0 Å². The molecule has 0 aromatic heterocycles. The van der Waals surface area contributed by atoms with Gasteiger partial charge in [0.05, 0.1) is 15.1 Å². The predicted molar refractivity (Wildman–Crippen MR) is 108 cm³/mol. The number of alkyl halides is 4. The van der Waals surface area contributed by atoms with E-state index in [0.29, 0.717) is 0 Å². The predicted octanol–water partition coefficient (Wildman–Crippen LogP) is 5.87. The van der Waals surface area contributed by atoms with Crippen LogP contribution in [-0.2, 0) is 19.1 Å². The number of carbonyl (C=O) groups excluding carboxylic acids is 2. The van der Waals surface area contributed by atoms with Crippen molar-refractivity contribution in [2.24, 2.45) is 0 Å². The summed E-state index contributed by atoms with van der Waals surface area (Å²) in [6, 6.07) is 2.75. The Bertz CT molecular complexity index is 697. The molecule has 1 unspecified atom stereocenters. The molecule has 0 aliphatic carbocycles. The molecule has 12 heteroatoms. The molecule has 0 saturated heterocycles. The van der Waals surface area contributed by atoms with Crippen molar-refractivity contribution < 1.29 is 23.8 Å². The first-order valence-corrected chi connectivity index (χ1v) is 9.77. The second kappa shape index (κ2) is 10.1. The van der Waals surface area contributed by atoms with Crippen LogP contribution in [0.15, 0.2) is 12.1 Å². The molecule has 27 heavy (non-hydrogen) atoms. The SMILES string of the molecule is CC(Cl)(Cl)C(=O)OCC(COc1cc(Cl)c(Cl)cc1Cl)OC(=O)C(C)(Cl)Cl. The number of rotatable bonds is 8. The van der Waals surface area contributed by atoms with Gasteiger partial charge in [-0.3, -0.25) is 0 Å². The van der Waals surface area contributed by atoms with Gasteiger partial charge >= 0.3 is 11.9 Å². The third kappa shape index (κ3) is 8.48. The van der Waals surface area contributed by atoms with Crippen molar-refractivity contribution in [2.45, 2.75) is 28.6 Å². The Balaban J connectivity index is 2.86. The lowest BCUT2D eigenvalue weighted by Gasteiger charge is -2.22. The maximum atomic E-state index is 11.9. The van der Waals surface area contributed by atoms with Gasteiger partial charge in [0.2, 0.25) is 8.67 Å². The number of ether oxygens (including phenoxy) is 3. The minimum Gasteiger partial charge on any atom is -0.488 e. The molecule has 1 aromatic rings. The number of carbonyl (C=O) groups is 2. The van der Waals surface area contributed by atoms with Crippen LogP contribution in [0.1, 0.15) is 13.8 Å². The Morgan fingerprint density at radius 3 is 1.93 bits per heavy atom. The fraction of sp³-hybridized carbons (Fsp3) is 0.467. The first-order valence-electron chi connectivity index (χ1n) is 7.13. The Hall–Kier alpha value is -0.0100. The van der Waals surface area contributed by atoms with Crippen LogP contribution in [-0.4, -0.2) is 39.9 Å². The summed E-state index contributed by atoms with van der Waals surface area (Å²) in [6.07, 6.45) is -1.10. The van der Waals surface area contributed by atoms with Crippen molar-refractivity contribution in [3.8, 4) is 5.75 Å². The van der Waals surface area contributed by atoms with Crippen molar-refractivity contribution >= 4 is 93.1 Å². The van der Waals surface area contributed by atoms with Crippen LogP contribution in [0, 0.1) is 0 Å². The molecule has 0 heterocycles. The Morgan fingerprint density at radius 1 is 0.889 bits per heavy atom. The summed E-state index contributed by atoms with van der Waals surface area (Å²) in [4.78, 5) is 23.6. The minimum atomic E-state index is -1.82. The molecule has 1 atom stereocenters. The minimum absolute atomic E-state index is 0.164. The first kappa shape index (κ1) is 25.0. The zero-order valence-electron chi connectivity index (χ0n) is 13.8. The highest BCUT2D eigenvalue weighted by Crippen LogP contribution is 2.34. The molecule has 0 saturated carbocycles. The fourth-order valence-electron chi connectivity index (χ4n) is 1.46. The molecule has 0 spiro atoms. The second-order valence-corrected chi connectivity index (χ2v) is 10.0. The maximum Gasteiger partial charge on any atom is 0.342 e. The zero-order chi connectivity index (χ0) is 21.0. The van der Waals surface area contributed by atoms with Crippen LogP contribution in [0.3, 0.4) is 0 Å². The lowest BCUT2D eigenvalue weighted by Crippen LogP contribution is -2.37. The van der Waals surface area contributed by atoms with Crippen LogP contribution in [0.4, 0.5) is 0 Å². The summed E-state index contributed by atoms with van der Waals surface area (Å²) in [5.74, 6) is -1.76. The molecule has 0 fully saturated rings. The van der Waals surface area contributed by atoms with E-state index >= 15 is 0 Å². The van der Waals surface area contributed by atoms with E-state index in [1.165, 1.54) is 26.0 Å². The molecule has 0 aliphatic heterocycles. The van der Waals surface area contributed by atoms with Crippen LogP contribution < -0.4 is 4.74 Å². The van der Waals surface area contributed by atoms with Crippen molar-refractivity contribution in [1.29, 1.82) is 0 Å². The first-order chi connectivity index (χ1) is 12.2. The second-order valence-electron chi connectivity index (χ2n) is 5.41. The summed E-state index contributed by atoms with van der Waals surface area (Å²) >= 11 is 40.4. The largest absolute Gasteiger partial charge is 0.488 e. The van der Waals surface area contributed by atoms with Crippen LogP contribution in [0.2, 0.25) is 15.1 Å². The van der Waals surface area contributed by atoms with E-state index in [1.54, 1.807) is 0 Å². The highest BCUT2D eigenvalue weighted by Gasteiger charge is 2.34. The van der Waals surface area contributed by atoms with E-state index in [1.807, 2.05) is 0 Å². The third-order valence-electron chi connectivity index (χ3n) is 2.79. The van der Waals surface area contributed by atoms with Crippen LogP contribution in [0.25, 0.3) is 0 Å². The van der Waals surface area contributed by atoms with E-state index in [9.17, 15) is 9.59 Å². The lowest BCUT2D eigenvalue weighted by atomic mass is 10.3. The Kier molecular flexibility index (Phi) is 9.41. The molecule has 0 amide bonds. The molecular formula is C15H13Cl7O5. The maximum absolute atomic E-state index is 11.9. The highest BCUT2D eigenvalue weighted by atomic mass is 35.5. The van der Waals surface area contributed by atoms with Gasteiger partial charge < -0.3 is 14.2 Å². The Labute approximate surface area is 191 Å². The molecule has 0 aliphatic rings. The quantitative estimate of drug-likeness (QED) is 0.243. The number of halogens is 7. The zero-order valence-corrected chi connectivity index (χ0v) is 19.1. The molecule has 152 valence electrons. The Morgan fingerprint density at radius 2 is 1.41 bits per heavy atom. The summed E-state index contributed by atoms with van der Waals surface area (Å²) in [6.45, 7) is 1.73. The molecule has 0 N–H and O–H groups in total. The molecule has 0 radical (unpaired) electrons. The van der Waals surface area contributed by atoms with Gasteiger partial charge in [0.1, 0.15) is 19.0 Å². The van der Waals surface area contributed by atoms with Crippen LogP contribution >= 0.6 is 81.2 Å². The van der Waals surface area contributed by atoms with Crippen molar-refractivity contribution in [1.82, 2.24) is 0 Å². The van der Waals surface area contributed by atoms with Gasteiger partial charge in [0, 0.05) is 6.07 Å².